The zero-order valence-electron chi connectivity index (χ0n) is 24.9. The monoisotopic (exact) mass is 521 g/mol. The van der Waals surface area contributed by atoms with E-state index in [2.05, 4.69) is 46.8 Å². The first-order chi connectivity index (χ1) is 17.4. The molecule has 0 saturated carbocycles. The topological polar surface area (TPSA) is 89.8 Å². The minimum absolute atomic E-state index is 0.136. The van der Waals surface area contributed by atoms with Crippen LogP contribution < -0.4 is 5.11 Å². The third kappa shape index (κ3) is 13.5. The maximum Gasteiger partial charge on any atom is 0.0815 e. The van der Waals surface area contributed by atoms with Crippen molar-refractivity contribution in [1.29, 1.82) is 0 Å². The highest BCUT2D eigenvalue weighted by molar-refractivity contribution is 5.66. The van der Waals surface area contributed by atoms with Crippen LogP contribution in [-0.2, 0) is 9.53 Å². The number of hydrogen-bond acceptors (Lipinski definition) is 5. The predicted molar refractivity (Wildman–Crippen MR) is 151 cm³/mol. The zero-order valence-corrected chi connectivity index (χ0v) is 24.9. The number of carboxylic acids is 1. The SMILES string of the molecule is CCCCOC1C(CCC(C)CCC/C(C)=C/CCC(C)(O)CCCC(C)C(=O)[O-])=CC(O)C(C)C1C. The van der Waals surface area contributed by atoms with E-state index in [1.54, 1.807) is 6.92 Å². The predicted octanol–water partition coefficient (Wildman–Crippen LogP) is 6.37. The van der Waals surface area contributed by atoms with E-state index in [4.69, 9.17) is 4.74 Å². The second-order valence-electron chi connectivity index (χ2n) is 12.3. The summed E-state index contributed by atoms with van der Waals surface area (Å²) in [5.41, 5.74) is 1.91. The third-order valence-corrected chi connectivity index (χ3v) is 8.52. The van der Waals surface area contributed by atoms with Crippen LogP contribution in [0, 0.1) is 23.7 Å². The second-order valence-corrected chi connectivity index (χ2v) is 12.3. The molecule has 0 fully saturated rings. The molecule has 0 heterocycles. The van der Waals surface area contributed by atoms with Crippen LogP contribution in [0.4, 0.5) is 0 Å². The van der Waals surface area contributed by atoms with Crippen molar-refractivity contribution >= 4 is 5.97 Å². The summed E-state index contributed by atoms with van der Waals surface area (Å²) >= 11 is 0. The van der Waals surface area contributed by atoms with Gasteiger partial charge in [-0.2, -0.15) is 0 Å². The summed E-state index contributed by atoms with van der Waals surface area (Å²) in [6, 6.07) is 0. The number of allylic oxidation sites excluding steroid dienone is 2. The van der Waals surface area contributed by atoms with Gasteiger partial charge in [0.25, 0.3) is 0 Å². The fourth-order valence-corrected chi connectivity index (χ4v) is 5.28. The van der Waals surface area contributed by atoms with Gasteiger partial charge in [0.15, 0.2) is 0 Å². The van der Waals surface area contributed by atoms with E-state index in [1.807, 2.05) is 6.92 Å². The minimum Gasteiger partial charge on any atom is -0.550 e. The number of unbranched alkanes of at least 4 members (excludes halogenated alkanes) is 1. The molecule has 0 aromatic heterocycles. The van der Waals surface area contributed by atoms with Gasteiger partial charge in [-0.3, -0.25) is 0 Å². The molecule has 2 N–H and O–H groups in total. The first-order valence-electron chi connectivity index (χ1n) is 15.0. The van der Waals surface area contributed by atoms with E-state index in [1.165, 1.54) is 17.6 Å². The van der Waals surface area contributed by atoms with Gasteiger partial charge in [-0.05, 0) is 107 Å². The number of carboxylic acid groups (broad SMARTS) is 1. The van der Waals surface area contributed by atoms with E-state index in [9.17, 15) is 20.1 Å². The van der Waals surface area contributed by atoms with Crippen molar-refractivity contribution in [3.05, 3.63) is 23.3 Å². The van der Waals surface area contributed by atoms with Gasteiger partial charge in [-0.25, -0.2) is 0 Å². The van der Waals surface area contributed by atoms with Crippen molar-refractivity contribution in [2.24, 2.45) is 23.7 Å². The highest BCUT2D eigenvalue weighted by Crippen LogP contribution is 2.35. The quantitative estimate of drug-likeness (QED) is 0.152. The Morgan fingerprint density at radius 3 is 2.49 bits per heavy atom. The first-order valence-corrected chi connectivity index (χ1v) is 15.0. The van der Waals surface area contributed by atoms with Crippen LogP contribution in [0.1, 0.15) is 126 Å². The molecule has 0 saturated heterocycles. The van der Waals surface area contributed by atoms with E-state index in [-0.39, 0.29) is 18.1 Å². The van der Waals surface area contributed by atoms with Crippen LogP contribution in [0.15, 0.2) is 23.3 Å². The number of carbonyl (C=O) groups excluding carboxylic acids is 1. The van der Waals surface area contributed by atoms with Gasteiger partial charge in [-0.15, -0.1) is 0 Å². The highest BCUT2D eigenvalue weighted by atomic mass is 16.5. The van der Waals surface area contributed by atoms with Crippen LogP contribution >= 0.6 is 0 Å². The molecule has 0 aromatic carbocycles. The number of ether oxygens (including phenoxy) is 1. The van der Waals surface area contributed by atoms with Crippen molar-refractivity contribution in [2.45, 2.75) is 143 Å². The summed E-state index contributed by atoms with van der Waals surface area (Å²) in [7, 11) is 0. The number of aliphatic hydroxyl groups excluding tert-OH is 1. The molecule has 0 radical (unpaired) electrons. The third-order valence-electron chi connectivity index (χ3n) is 8.52. The number of carbonyl (C=O) groups is 1. The average Bonchev–Trinajstić information content (AvgIpc) is 2.82. The lowest BCUT2D eigenvalue weighted by Crippen LogP contribution is -2.39. The molecule has 7 unspecified atom stereocenters. The Morgan fingerprint density at radius 1 is 1.14 bits per heavy atom. The van der Waals surface area contributed by atoms with Crippen LogP contribution in [0.2, 0.25) is 0 Å². The normalized spacial score (nSPS) is 25.9. The molecule has 0 spiro atoms. The summed E-state index contributed by atoms with van der Waals surface area (Å²) in [5, 5.41) is 31.9. The molecule has 1 aliphatic carbocycles. The number of rotatable bonds is 19. The summed E-state index contributed by atoms with van der Waals surface area (Å²) in [4.78, 5) is 10.8. The maximum absolute atomic E-state index is 10.8. The van der Waals surface area contributed by atoms with Crippen LogP contribution in [0.5, 0.6) is 0 Å². The van der Waals surface area contributed by atoms with Crippen LogP contribution in [0.3, 0.4) is 0 Å². The van der Waals surface area contributed by atoms with Gasteiger partial charge < -0.3 is 24.9 Å². The molecule has 0 aliphatic heterocycles. The summed E-state index contributed by atoms with van der Waals surface area (Å²) in [5.74, 6) is -0.284. The van der Waals surface area contributed by atoms with Gasteiger partial charge in [0.2, 0.25) is 0 Å². The molecule has 1 rings (SSSR count). The van der Waals surface area contributed by atoms with E-state index in [0.29, 0.717) is 37.5 Å². The number of hydrogen-bond donors (Lipinski definition) is 2. The van der Waals surface area contributed by atoms with Gasteiger partial charge in [0.05, 0.1) is 17.8 Å². The molecule has 0 bridgehead atoms. The van der Waals surface area contributed by atoms with Crippen LogP contribution in [-0.4, -0.2) is 40.6 Å². The van der Waals surface area contributed by atoms with Crippen molar-refractivity contribution in [1.82, 2.24) is 0 Å². The minimum atomic E-state index is -1.01. The largest absolute Gasteiger partial charge is 0.550 e. The Bertz CT molecular complexity index is 710. The molecule has 5 heteroatoms. The standard InChI is InChI=1S/C32H58O5/c1-8-9-21-37-30-27(6)26(5)29(33)22-28(30)18-17-24(3)14-10-13-23(2)15-11-19-32(7,36)20-12-16-25(4)31(34)35/h15,22,24-27,29-30,33,36H,8-14,16-21H2,1-7H3,(H,34,35)/p-1/b23-15+. The van der Waals surface area contributed by atoms with E-state index >= 15 is 0 Å². The van der Waals surface area contributed by atoms with Crippen molar-refractivity contribution in [3.63, 3.8) is 0 Å². The van der Waals surface area contributed by atoms with E-state index < -0.39 is 17.5 Å². The molecule has 1 aliphatic rings. The van der Waals surface area contributed by atoms with Crippen molar-refractivity contribution in [2.75, 3.05) is 6.61 Å². The number of aliphatic carboxylic acids is 1. The lowest BCUT2D eigenvalue weighted by atomic mass is 9.76. The zero-order chi connectivity index (χ0) is 28.0. The number of aliphatic hydroxyl groups is 2. The highest BCUT2D eigenvalue weighted by Gasteiger charge is 2.34. The Hall–Kier alpha value is -1.17. The van der Waals surface area contributed by atoms with Gasteiger partial charge in [-0.1, -0.05) is 65.2 Å². The Balaban J connectivity index is 2.37. The summed E-state index contributed by atoms with van der Waals surface area (Å²) < 4.78 is 6.28. The fraction of sp³-hybridized carbons (Fsp3) is 0.844. The molecular formula is C32H57O5-. The summed E-state index contributed by atoms with van der Waals surface area (Å²) in [6.07, 6.45) is 15.2. The van der Waals surface area contributed by atoms with E-state index in [0.717, 1.165) is 51.6 Å². The smallest absolute Gasteiger partial charge is 0.0815 e. The first kappa shape index (κ1) is 33.9. The molecule has 5 nitrogen and oxygen atoms in total. The Kier molecular flexibility index (Phi) is 15.9. The lowest BCUT2D eigenvalue weighted by molar-refractivity contribution is -0.311. The van der Waals surface area contributed by atoms with Gasteiger partial charge >= 0.3 is 0 Å². The molecule has 0 amide bonds. The van der Waals surface area contributed by atoms with Crippen LogP contribution in [0.25, 0.3) is 0 Å². The molecular weight excluding hydrogens is 464 g/mol. The molecule has 7 atom stereocenters. The maximum atomic E-state index is 10.8. The molecule has 37 heavy (non-hydrogen) atoms. The Morgan fingerprint density at radius 2 is 1.84 bits per heavy atom. The van der Waals surface area contributed by atoms with Crippen molar-refractivity contribution < 1.29 is 24.9 Å². The van der Waals surface area contributed by atoms with Gasteiger partial charge in [0.1, 0.15) is 0 Å². The fourth-order valence-electron chi connectivity index (χ4n) is 5.28. The lowest BCUT2D eigenvalue weighted by Gasteiger charge is -2.37. The molecule has 216 valence electrons. The molecule has 0 aromatic rings. The Labute approximate surface area is 227 Å². The van der Waals surface area contributed by atoms with Crippen molar-refractivity contribution in [3.8, 4) is 0 Å². The summed E-state index contributed by atoms with van der Waals surface area (Å²) in [6.45, 7) is 15.3. The average molecular weight is 522 g/mol. The second kappa shape index (κ2) is 17.4. The van der Waals surface area contributed by atoms with Gasteiger partial charge in [0, 0.05) is 12.6 Å².